The van der Waals surface area contributed by atoms with Crippen molar-refractivity contribution in [3.8, 4) is 0 Å². The van der Waals surface area contributed by atoms with E-state index in [9.17, 15) is 19.1 Å². The molecule has 0 spiro atoms. The molecule has 0 saturated carbocycles. The highest BCUT2D eigenvalue weighted by atomic mass is 33.1. The molecule has 6 N–H and O–H groups in total. The SMILES string of the molecule is Nc1nc2c(ncn2[C@H]2C[C@H](OP(=O)(O)O)[C@@H](COCCCCCCSSCCCCCCO)O2)c(=O)[nH]1. The average Bonchev–Trinajstić information content (AvgIpc) is 3.44. The number of hydrogen-bond donors (Lipinski definition) is 5. The van der Waals surface area contributed by atoms with Crippen LogP contribution in [0.2, 0.25) is 0 Å². The lowest BCUT2D eigenvalue weighted by atomic mass is 10.2. The number of aliphatic hydroxyl groups is 1. The van der Waals surface area contributed by atoms with Crippen LogP contribution in [0.5, 0.6) is 0 Å². The highest BCUT2D eigenvalue weighted by Gasteiger charge is 2.41. The van der Waals surface area contributed by atoms with E-state index in [2.05, 4.69) is 15.0 Å². The van der Waals surface area contributed by atoms with Gasteiger partial charge in [0.2, 0.25) is 5.95 Å². The number of nitrogens with zero attached hydrogens (tertiary/aromatic N) is 3. The zero-order valence-electron chi connectivity index (χ0n) is 21.3. The lowest BCUT2D eigenvalue weighted by molar-refractivity contribution is -0.0608. The van der Waals surface area contributed by atoms with Crippen LogP contribution < -0.4 is 11.3 Å². The molecular weight excluding hydrogens is 557 g/mol. The largest absolute Gasteiger partial charge is 0.469 e. The Labute approximate surface area is 229 Å². The minimum atomic E-state index is -4.76. The van der Waals surface area contributed by atoms with Crippen molar-refractivity contribution < 1.29 is 33.5 Å². The molecule has 0 bridgehead atoms. The minimum Gasteiger partial charge on any atom is -0.396 e. The first-order chi connectivity index (χ1) is 18.3. The number of nitrogen functional groups attached to an aromatic ring is 1. The molecule has 1 aliphatic heterocycles. The van der Waals surface area contributed by atoms with E-state index in [0.717, 1.165) is 50.0 Å². The van der Waals surface area contributed by atoms with Crippen LogP contribution in [0, 0.1) is 0 Å². The third kappa shape index (κ3) is 10.4. The molecule has 0 amide bonds. The summed E-state index contributed by atoms with van der Waals surface area (Å²) in [4.78, 5) is 41.3. The van der Waals surface area contributed by atoms with E-state index in [-0.39, 0.29) is 36.7 Å². The van der Waals surface area contributed by atoms with Crippen molar-refractivity contribution in [3.05, 3.63) is 16.7 Å². The number of hydrogen-bond acceptors (Lipinski definition) is 11. The van der Waals surface area contributed by atoms with Gasteiger partial charge in [0.25, 0.3) is 5.56 Å². The smallest absolute Gasteiger partial charge is 0.396 e. The third-order valence-electron chi connectivity index (χ3n) is 5.98. The number of fused-ring (bicyclic) bond motifs is 1. The Bertz CT molecular complexity index is 1080. The summed E-state index contributed by atoms with van der Waals surface area (Å²) in [6, 6.07) is 0. The number of phosphoric ester groups is 1. The number of anilines is 1. The molecule has 38 heavy (non-hydrogen) atoms. The highest BCUT2D eigenvalue weighted by Crippen LogP contribution is 2.44. The Balaban J connectivity index is 1.36. The molecule has 0 aromatic carbocycles. The number of ether oxygens (including phenoxy) is 2. The normalized spacial score (nSPS) is 20.0. The zero-order chi connectivity index (χ0) is 27.4. The zero-order valence-corrected chi connectivity index (χ0v) is 23.8. The second-order valence-corrected chi connectivity index (χ2v) is 12.9. The monoisotopic (exact) mass is 595 g/mol. The van der Waals surface area contributed by atoms with Crippen LogP contribution in [-0.2, 0) is 18.6 Å². The van der Waals surface area contributed by atoms with E-state index in [0.29, 0.717) is 6.61 Å². The van der Waals surface area contributed by atoms with Gasteiger partial charge in [0, 0.05) is 31.1 Å². The standard InChI is InChI=1S/C22H38N5O8PS2/c23-22-25-20-19(21(29)26-22)24-15-27(20)18-13-16(35-36(30,31)32)17(34-18)14-33-10-6-2-4-8-12-38-37-11-7-3-1-5-9-28/h15-18,28H,1-14H2,(H2,30,31,32)(H3,23,25,26,29)/t16-,17+,18+/m0/s1. The molecule has 0 unspecified atom stereocenters. The van der Waals surface area contributed by atoms with Crippen molar-refractivity contribution >= 4 is 46.5 Å². The number of H-pyrrole nitrogens is 1. The number of aromatic amines is 1. The third-order valence-corrected chi connectivity index (χ3v) is 9.10. The summed E-state index contributed by atoms with van der Waals surface area (Å²) in [5.41, 5.74) is 5.46. The lowest BCUT2D eigenvalue weighted by Crippen LogP contribution is -2.28. The van der Waals surface area contributed by atoms with Gasteiger partial charge in [-0.3, -0.25) is 18.9 Å². The van der Waals surface area contributed by atoms with Gasteiger partial charge in [-0.05, 0) is 25.7 Å². The number of nitrogens with two attached hydrogens (primary N) is 1. The molecule has 0 aliphatic carbocycles. The minimum absolute atomic E-state index is 0.0761. The van der Waals surface area contributed by atoms with Crippen molar-refractivity contribution in [1.82, 2.24) is 19.5 Å². The van der Waals surface area contributed by atoms with Crippen LogP contribution in [0.1, 0.15) is 64.0 Å². The van der Waals surface area contributed by atoms with Gasteiger partial charge < -0.3 is 30.1 Å². The molecule has 2 aromatic heterocycles. The number of aliphatic hydroxyl groups excluding tert-OH is 1. The maximum absolute atomic E-state index is 12.1. The van der Waals surface area contributed by atoms with Gasteiger partial charge in [0.05, 0.1) is 12.9 Å². The number of aromatic nitrogens is 4. The number of rotatable bonds is 19. The van der Waals surface area contributed by atoms with Gasteiger partial charge in [0.15, 0.2) is 11.2 Å². The maximum Gasteiger partial charge on any atom is 0.469 e. The fourth-order valence-corrected chi connectivity index (χ4v) is 6.99. The topological polar surface area (TPSA) is 195 Å². The van der Waals surface area contributed by atoms with Gasteiger partial charge in [-0.15, -0.1) is 0 Å². The highest BCUT2D eigenvalue weighted by molar-refractivity contribution is 8.76. The van der Waals surface area contributed by atoms with Crippen LogP contribution in [0.15, 0.2) is 11.1 Å². The molecule has 3 heterocycles. The Hall–Kier alpha value is -1.16. The van der Waals surface area contributed by atoms with Crippen molar-refractivity contribution in [1.29, 1.82) is 0 Å². The second kappa shape index (κ2) is 16.2. The summed E-state index contributed by atoms with van der Waals surface area (Å²) in [5, 5.41) is 8.77. The van der Waals surface area contributed by atoms with Gasteiger partial charge in [-0.1, -0.05) is 47.3 Å². The van der Waals surface area contributed by atoms with Crippen molar-refractivity contribution in [2.24, 2.45) is 0 Å². The molecule has 216 valence electrons. The van der Waals surface area contributed by atoms with Gasteiger partial charge in [-0.2, -0.15) is 4.98 Å². The fourth-order valence-electron chi connectivity index (χ4n) is 4.12. The molecule has 3 atom stereocenters. The molecule has 1 aliphatic rings. The maximum atomic E-state index is 12.1. The lowest BCUT2D eigenvalue weighted by Gasteiger charge is -2.19. The summed E-state index contributed by atoms with van der Waals surface area (Å²) >= 11 is 0. The van der Waals surface area contributed by atoms with E-state index in [1.54, 1.807) is 0 Å². The second-order valence-electron chi connectivity index (χ2n) is 9.05. The van der Waals surface area contributed by atoms with Crippen molar-refractivity contribution in [2.75, 3.05) is 37.1 Å². The molecule has 0 radical (unpaired) electrons. The average molecular weight is 596 g/mol. The van der Waals surface area contributed by atoms with Crippen LogP contribution in [0.3, 0.4) is 0 Å². The Morgan fingerprint density at radius 3 is 2.50 bits per heavy atom. The first-order valence-corrected chi connectivity index (χ1v) is 16.8. The summed E-state index contributed by atoms with van der Waals surface area (Å²) in [7, 11) is -0.928. The number of phosphoric acid groups is 1. The van der Waals surface area contributed by atoms with Crippen LogP contribution in [0.25, 0.3) is 11.2 Å². The van der Waals surface area contributed by atoms with E-state index >= 15 is 0 Å². The van der Waals surface area contributed by atoms with E-state index in [1.165, 1.54) is 23.7 Å². The quantitative estimate of drug-likeness (QED) is 0.0904. The Morgan fingerprint density at radius 2 is 1.82 bits per heavy atom. The van der Waals surface area contributed by atoms with Gasteiger partial charge in [-0.25, -0.2) is 9.55 Å². The molecular formula is C22H38N5O8PS2. The van der Waals surface area contributed by atoms with Gasteiger partial charge >= 0.3 is 7.82 Å². The van der Waals surface area contributed by atoms with Crippen LogP contribution in [0.4, 0.5) is 5.95 Å². The molecule has 13 nitrogen and oxygen atoms in total. The molecule has 3 rings (SSSR count). The number of imidazole rings is 1. The van der Waals surface area contributed by atoms with E-state index in [4.69, 9.17) is 24.8 Å². The molecule has 1 fully saturated rings. The number of nitrogens with one attached hydrogen (secondary N) is 1. The summed E-state index contributed by atoms with van der Waals surface area (Å²) in [5.74, 6) is 2.20. The summed E-state index contributed by atoms with van der Waals surface area (Å²) in [6.07, 6.45) is 7.69. The van der Waals surface area contributed by atoms with Crippen molar-refractivity contribution in [2.45, 2.75) is 76.2 Å². The predicted octanol–water partition coefficient (Wildman–Crippen LogP) is 2.98. The summed E-state index contributed by atoms with van der Waals surface area (Å²) < 4.78 is 29.7. The Kier molecular flexibility index (Phi) is 13.4. The molecule has 16 heteroatoms. The number of unbranched alkanes of at least 4 members (excludes halogenated alkanes) is 6. The van der Waals surface area contributed by atoms with Crippen molar-refractivity contribution in [3.63, 3.8) is 0 Å². The van der Waals surface area contributed by atoms with Gasteiger partial charge in [0.1, 0.15) is 18.4 Å². The predicted molar refractivity (Wildman–Crippen MR) is 148 cm³/mol. The first kappa shape index (κ1) is 31.4. The molecule has 2 aromatic rings. The Morgan fingerprint density at radius 1 is 1.13 bits per heavy atom. The van der Waals surface area contributed by atoms with E-state index < -0.39 is 31.8 Å². The van der Waals surface area contributed by atoms with E-state index in [1.807, 2.05) is 21.6 Å². The summed E-state index contributed by atoms with van der Waals surface area (Å²) in [6.45, 7) is 0.897. The van der Waals surface area contributed by atoms with Crippen LogP contribution in [-0.4, -0.2) is 77.9 Å². The van der Waals surface area contributed by atoms with Crippen LogP contribution >= 0.6 is 29.4 Å². The first-order valence-electron chi connectivity index (χ1n) is 12.8. The fraction of sp³-hybridized carbons (Fsp3) is 0.773. The molecule has 1 saturated heterocycles.